The number of hydrogen-bond acceptors (Lipinski definition) is 4. The number of rotatable bonds is 3. The molecule has 2 amide bonds. The molecule has 22 heavy (non-hydrogen) atoms. The number of aryl methyl sites for hydroxylation is 1. The van der Waals surface area contributed by atoms with E-state index in [1.165, 1.54) is 6.33 Å². The molecule has 0 spiro atoms. The molecule has 3 N–H and O–H groups in total. The Balaban J connectivity index is 1.94. The van der Waals surface area contributed by atoms with Gasteiger partial charge in [0.25, 0.3) is 0 Å². The number of nitrogens with zero attached hydrogens (tertiary/aromatic N) is 3. The molecule has 3 rings (SSSR count). The summed E-state index contributed by atoms with van der Waals surface area (Å²) in [6.07, 6.45) is 3.31. The van der Waals surface area contributed by atoms with Gasteiger partial charge in [-0.05, 0) is 18.2 Å². The number of urea groups is 1. The Kier molecular flexibility index (Phi) is 3.56. The van der Waals surface area contributed by atoms with E-state index < -0.39 is 6.03 Å². The van der Waals surface area contributed by atoms with Crippen LogP contribution in [0, 0.1) is 0 Å². The van der Waals surface area contributed by atoms with Crippen molar-refractivity contribution in [3.63, 3.8) is 0 Å². The van der Waals surface area contributed by atoms with Crippen molar-refractivity contribution in [3.05, 3.63) is 41.8 Å². The highest BCUT2D eigenvalue weighted by atomic mass is 35.5. The maximum atomic E-state index is 10.9. The van der Waals surface area contributed by atoms with Crippen LogP contribution in [-0.4, -0.2) is 20.6 Å². The number of ether oxygens (including phenoxy) is 1. The lowest BCUT2D eigenvalue weighted by molar-refractivity contribution is 0.259. The summed E-state index contributed by atoms with van der Waals surface area (Å²) in [5.74, 6) is 0.908. The molecule has 1 aromatic carbocycles. The highest BCUT2D eigenvalue weighted by Crippen LogP contribution is 2.31. The zero-order valence-corrected chi connectivity index (χ0v) is 12.3. The zero-order chi connectivity index (χ0) is 15.7. The minimum Gasteiger partial charge on any atom is -0.437 e. The normalized spacial score (nSPS) is 10.6. The largest absolute Gasteiger partial charge is 0.437 e. The monoisotopic (exact) mass is 317 g/mol. The number of nitrogens with one attached hydrogen (secondary N) is 1. The van der Waals surface area contributed by atoms with E-state index in [2.05, 4.69) is 15.3 Å². The number of primary amides is 1. The van der Waals surface area contributed by atoms with Crippen LogP contribution >= 0.6 is 11.6 Å². The molecule has 0 saturated carbocycles. The zero-order valence-electron chi connectivity index (χ0n) is 11.6. The van der Waals surface area contributed by atoms with E-state index in [0.717, 1.165) is 11.0 Å². The van der Waals surface area contributed by atoms with E-state index in [4.69, 9.17) is 22.1 Å². The number of carbonyl (C=O) groups excluding carboxylic acids is 1. The maximum absolute atomic E-state index is 10.9. The molecule has 112 valence electrons. The summed E-state index contributed by atoms with van der Waals surface area (Å²) >= 11 is 6.08. The minimum absolute atomic E-state index is 0.313. The number of nitrogens with two attached hydrogens (primary N) is 1. The summed E-state index contributed by atoms with van der Waals surface area (Å²) in [7, 11) is 1.88. The van der Waals surface area contributed by atoms with E-state index in [9.17, 15) is 4.79 Å². The van der Waals surface area contributed by atoms with Crippen LogP contribution in [0.15, 0.2) is 36.8 Å². The molecule has 2 heterocycles. The molecule has 0 atom stereocenters. The van der Waals surface area contributed by atoms with Crippen molar-refractivity contribution in [1.29, 1.82) is 0 Å². The number of amides is 2. The maximum Gasteiger partial charge on any atom is 0.316 e. The van der Waals surface area contributed by atoms with Gasteiger partial charge in [-0.1, -0.05) is 11.6 Å². The number of fused-ring (bicyclic) bond motifs is 1. The summed E-state index contributed by atoms with van der Waals surface area (Å²) in [5.41, 5.74) is 7.03. The molecule has 8 heteroatoms. The molecule has 0 unspecified atom stereocenters. The van der Waals surface area contributed by atoms with Crippen LogP contribution < -0.4 is 15.8 Å². The van der Waals surface area contributed by atoms with Gasteiger partial charge in [0.15, 0.2) is 0 Å². The Morgan fingerprint density at radius 1 is 1.36 bits per heavy atom. The van der Waals surface area contributed by atoms with Gasteiger partial charge in [-0.15, -0.1) is 0 Å². The van der Waals surface area contributed by atoms with Crippen LogP contribution in [-0.2, 0) is 7.05 Å². The molecule has 0 radical (unpaired) electrons. The van der Waals surface area contributed by atoms with Gasteiger partial charge in [0.1, 0.15) is 17.6 Å². The van der Waals surface area contributed by atoms with Crippen molar-refractivity contribution < 1.29 is 9.53 Å². The highest BCUT2D eigenvalue weighted by molar-refractivity contribution is 6.33. The SMILES string of the molecule is Cn1ccc2ncnc(Oc3ccc(NC(N)=O)c(Cl)c3)c21. The number of hydrogen-bond donors (Lipinski definition) is 2. The lowest BCUT2D eigenvalue weighted by Gasteiger charge is -2.09. The van der Waals surface area contributed by atoms with E-state index >= 15 is 0 Å². The molecule has 0 fully saturated rings. The number of carbonyl (C=O) groups is 1. The van der Waals surface area contributed by atoms with Crippen molar-refractivity contribution in [2.45, 2.75) is 0 Å². The average molecular weight is 318 g/mol. The Morgan fingerprint density at radius 3 is 2.91 bits per heavy atom. The first kappa shape index (κ1) is 14.2. The molecular formula is C14H12ClN5O2. The molecule has 7 nitrogen and oxygen atoms in total. The number of anilines is 1. The number of halogens is 1. The molecular weight excluding hydrogens is 306 g/mol. The summed E-state index contributed by atoms with van der Waals surface area (Å²) in [6.45, 7) is 0. The quantitative estimate of drug-likeness (QED) is 0.776. The van der Waals surface area contributed by atoms with E-state index in [1.807, 2.05) is 23.9 Å². The van der Waals surface area contributed by atoms with Crippen molar-refractivity contribution in [2.75, 3.05) is 5.32 Å². The fraction of sp³-hybridized carbons (Fsp3) is 0.0714. The fourth-order valence-corrected chi connectivity index (χ4v) is 2.28. The number of benzene rings is 1. The first-order valence-electron chi connectivity index (χ1n) is 6.34. The summed E-state index contributed by atoms with van der Waals surface area (Å²) in [5, 5.41) is 2.73. The van der Waals surface area contributed by atoms with Gasteiger partial charge in [0.05, 0.1) is 16.2 Å². The third-order valence-corrected chi connectivity index (χ3v) is 3.35. The van der Waals surface area contributed by atoms with Crippen LogP contribution in [0.3, 0.4) is 0 Å². The smallest absolute Gasteiger partial charge is 0.316 e. The molecule has 0 saturated heterocycles. The van der Waals surface area contributed by atoms with Gasteiger partial charge >= 0.3 is 6.03 Å². The molecule has 3 aromatic rings. The summed E-state index contributed by atoms with van der Waals surface area (Å²) in [4.78, 5) is 19.2. The van der Waals surface area contributed by atoms with Gasteiger partial charge < -0.3 is 20.4 Å². The molecule has 0 bridgehead atoms. The van der Waals surface area contributed by atoms with Gasteiger partial charge in [0.2, 0.25) is 5.88 Å². The summed E-state index contributed by atoms with van der Waals surface area (Å²) in [6, 6.07) is 6.03. The van der Waals surface area contributed by atoms with Crippen molar-refractivity contribution in [1.82, 2.24) is 14.5 Å². The third kappa shape index (κ3) is 2.66. The second kappa shape index (κ2) is 5.53. The Hall–Kier alpha value is -2.80. The van der Waals surface area contributed by atoms with E-state index in [0.29, 0.717) is 22.3 Å². The van der Waals surface area contributed by atoms with Gasteiger partial charge in [0, 0.05) is 19.3 Å². The Morgan fingerprint density at radius 2 is 2.18 bits per heavy atom. The van der Waals surface area contributed by atoms with E-state index in [-0.39, 0.29) is 0 Å². The molecule has 0 aliphatic carbocycles. The summed E-state index contributed by atoms with van der Waals surface area (Å²) < 4.78 is 7.64. The minimum atomic E-state index is -0.683. The third-order valence-electron chi connectivity index (χ3n) is 3.04. The van der Waals surface area contributed by atoms with E-state index in [1.54, 1.807) is 18.2 Å². The predicted octanol–water partition coefficient (Wildman–Crippen LogP) is 2.90. The van der Waals surface area contributed by atoms with Gasteiger partial charge in [-0.3, -0.25) is 0 Å². The standard InChI is InChI=1S/C14H12ClN5O2/c1-20-5-4-11-12(20)13(18-7-17-11)22-8-2-3-10(9(15)6-8)19-14(16)21/h2-7H,1H3,(H3,16,19,21). The van der Waals surface area contributed by atoms with Crippen LogP contribution in [0.25, 0.3) is 11.0 Å². The second-order valence-corrected chi connectivity index (χ2v) is 4.98. The Labute approximate surface area is 130 Å². The first-order chi connectivity index (χ1) is 10.5. The second-order valence-electron chi connectivity index (χ2n) is 4.57. The van der Waals surface area contributed by atoms with Crippen LogP contribution in [0.1, 0.15) is 0 Å². The first-order valence-corrected chi connectivity index (χ1v) is 6.72. The van der Waals surface area contributed by atoms with Crippen molar-refractivity contribution in [3.8, 4) is 11.6 Å². The molecule has 2 aromatic heterocycles. The van der Waals surface area contributed by atoms with Crippen LogP contribution in [0.4, 0.5) is 10.5 Å². The highest BCUT2D eigenvalue weighted by Gasteiger charge is 2.11. The van der Waals surface area contributed by atoms with Gasteiger partial charge in [-0.2, -0.15) is 4.98 Å². The van der Waals surface area contributed by atoms with Crippen molar-refractivity contribution in [2.24, 2.45) is 12.8 Å². The van der Waals surface area contributed by atoms with Gasteiger partial charge in [-0.25, -0.2) is 9.78 Å². The van der Waals surface area contributed by atoms with Crippen molar-refractivity contribution >= 4 is 34.4 Å². The number of aromatic nitrogens is 3. The lowest BCUT2D eigenvalue weighted by Crippen LogP contribution is -2.19. The Bertz CT molecular complexity index is 862. The molecule has 0 aliphatic rings. The lowest BCUT2D eigenvalue weighted by atomic mass is 10.3. The molecule has 0 aliphatic heterocycles. The predicted molar refractivity (Wildman–Crippen MR) is 83.2 cm³/mol. The van der Waals surface area contributed by atoms with Crippen LogP contribution in [0.2, 0.25) is 5.02 Å². The average Bonchev–Trinajstić information content (AvgIpc) is 2.84. The van der Waals surface area contributed by atoms with Crippen LogP contribution in [0.5, 0.6) is 11.6 Å². The topological polar surface area (TPSA) is 95.1 Å². The fourth-order valence-electron chi connectivity index (χ4n) is 2.07.